The van der Waals surface area contributed by atoms with Gasteiger partial charge >= 0.3 is 0 Å². The van der Waals surface area contributed by atoms with Crippen molar-refractivity contribution in [2.24, 2.45) is 5.73 Å². The summed E-state index contributed by atoms with van der Waals surface area (Å²) < 4.78 is 5.58. The van der Waals surface area contributed by atoms with Crippen molar-refractivity contribution in [1.29, 1.82) is 0 Å². The minimum atomic E-state index is 0.0552. The number of nitrogens with two attached hydrogens (primary N) is 1. The van der Waals surface area contributed by atoms with E-state index in [1.807, 2.05) is 0 Å². The van der Waals surface area contributed by atoms with Gasteiger partial charge in [-0.15, -0.1) is 0 Å². The molecule has 0 aliphatic carbocycles. The number of benzene rings is 1. The molecule has 1 aromatic rings. The molecular formula is C17H30N2O. The van der Waals surface area contributed by atoms with Gasteiger partial charge in [-0.25, -0.2) is 0 Å². The van der Waals surface area contributed by atoms with Crippen LogP contribution in [0.1, 0.15) is 42.1 Å². The van der Waals surface area contributed by atoms with Gasteiger partial charge in [-0.1, -0.05) is 17.7 Å². The Bertz CT molecular complexity index is 406. The molecular weight excluding hydrogens is 248 g/mol. The molecule has 3 heteroatoms. The van der Waals surface area contributed by atoms with Crippen molar-refractivity contribution in [3.8, 4) is 0 Å². The van der Waals surface area contributed by atoms with Crippen molar-refractivity contribution in [3.63, 3.8) is 0 Å². The van der Waals surface area contributed by atoms with E-state index in [1.54, 1.807) is 0 Å². The van der Waals surface area contributed by atoms with Crippen LogP contribution in [0.4, 0.5) is 0 Å². The van der Waals surface area contributed by atoms with Gasteiger partial charge in [0.05, 0.1) is 12.7 Å². The first kappa shape index (κ1) is 17.2. The number of hydrogen-bond donors (Lipinski definition) is 1. The molecule has 114 valence electrons. The Morgan fingerprint density at radius 2 is 1.70 bits per heavy atom. The van der Waals surface area contributed by atoms with Crippen LogP contribution in [0.25, 0.3) is 0 Å². The van der Waals surface area contributed by atoms with Crippen LogP contribution in [0.3, 0.4) is 0 Å². The maximum atomic E-state index is 6.40. The van der Waals surface area contributed by atoms with E-state index in [9.17, 15) is 0 Å². The molecule has 0 fully saturated rings. The van der Waals surface area contributed by atoms with Crippen LogP contribution in [0.2, 0.25) is 0 Å². The molecule has 0 saturated heterocycles. The summed E-state index contributed by atoms with van der Waals surface area (Å²) in [6, 6.07) is 4.48. The number of aryl methyl sites for hydroxylation is 3. The van der Waals surface area contributed by atoms with Gasteiger partial charge in [-0.2, -0.15) is 0 Å². The summed E-state index contributed by atoms with van der Waals surface area (Å²) in [4.78, 5) is 2.24. The molecule has 20 heavy (non-hydrogen) atoms. The summed E-state index contributed by atoms with van der Waals surface area (Å²) in [5.74, 6) is 0. The molecule has 0 heterocycles. The lowest BCUT2D eigenvalue weighted by atomic mass is 9.94. The van der Waals surface area contributed by atoms with Gasteiger partial charge in [0.15, 0.2) is 0 Å². The van der Waals surface area contributed by atoms with Crippen LogP contribution >= 0.6 is 0 Å². The van der Waals surface area contributed by atoms with Gasteiger partial charge in [0.1, 0.15) is 0 Å². The predicted molar refractivity (Wildman–Crippen MR) is 86.2 cm³/mol. The third-order valence-corrected chi connectivity index (χ3v) is 3.54. The van der Waals surface area contributed by atoms with E-state index in [4.69, 9.17) is 10.5 Å². The Morgan fingerprint density at radius 3 is 2.20 bits per heavy atom. The van der Waals surface area contributed by atoms with Crippen LogP contribution < -0.4 is 5.73 Å². The molecule has 1 aromatic carbocycles. The van der Waals surface area contributed by atoms with Crippen LogP contribution in [0, 0.1) is 20.8 Å². The minimum absolute atomic E-state index is 0.0552. The summed E-state index contributed by atoms with van der Waals surface area (Å²) in [5, 5.41) is 0. The minimum Gasteiger partial charge on any atom is -0.377 e. The maximum absolute atomic E-state index is 6.40. The second-order valence-electron chi connectivity index (χ2n) is 6.10. The number of hydrogen-bond acceptors (Lipinski definition) is 3. The highest BCUT2D eigenvalue weighted by molar-refractivity contribution is 5.39. The molecule has 0 aromatic heterocycles. The van der Waals surface area contributed by atoms with Gasteiger partial charge in [0, 0.05) is 19.1 Å². The Morgan fingerprint density at radius 1 is 1.15 bits per heavy atom. The molecule has 1 rings (SSSR count). The van der Waals surface area contributed by atoms with E-state index < -0.39 is 0 Å². The fourth-order valence-corrected chi connectivity index (χ4v) is 2.74. The van der Waals surface area contributed by atoms with Crippen molar-refractivity contribution in [3.05, 3.63) is 34.4 Å². The molecule has 0 saturated carbocycles. The van der Waals surface area contributed by atoms with Crippen LogP contribution in [0.5, 0.6) is 0 Å². The number of likely N-dealkylation sites (N-methyl/N-ethyl adjacent to an activating group) is 1. The van der Waals surface area contributed by atoms with Crippen molar-refractivity contribution < 1.29 is 4.74 Å². The summed E-state index contributed by atoms with van der Waals surface area (Å²) in [7, 11) is 2.10. The Kier molecular flexibility index (Phi) is 6.66. The molecule has 0 spiro atoms. The highest BCUT2D eigenvalue weighted by Crippen LogP contribution is 2.22. The normalized spacial score (nSPS) is 13.2. The maximum Gasteiger partial charge on any atom is 0.0596 e. The average Bonchev–Trinajstić information content (AvgIpc) is 2.26. The van der Waals surface area contributed by atoms with E-state index in [0.29, 0.717) is 6.10 Å². The summed E-state index contributed by atoms with van der Waals surface area (Å²) >= 11 is 0. The number of ether oxygens (including phenoxy) is 1. The van der Waals surface area contributed by atoms with E-state index in [0.717, 1.165) is 19.7 Å². The first-order valence-electron chi connectivity index (χ1n) is 7.44. The molecule has 1 unspecified atom stereocenters. The quantitative estimate of drug-likeness (QED) is 0.833. The Labute approximate surface area is 124 Å². The molecule has 0 aliphatic rings. The third-order valence-electron chi connectivity index (χ3n) is 3.54. The second-order valence-corrected chi connectivity index (χ2v) is 6.10. The van der Waals surface area contributed by atoms with E-state index >= 15 is 0 Å². The summed E-state index contributed by atoms with van der Waals surface area (Å²) in [5.41, 5.74) is 11.6. The smallest absolute Gasteiger partial charge is 0.0596 e. The molecule has 0 bridgehead atoms. The van der Waals surface area contributed by atoms with E-state index in [2.05, 4.69) is 58.7 Å². The number of rotatable bonds is 7. The fourth-order valence-electron chi connectivity index (χ4n) is 2.74. The zero-order valence-corrected chi connectivity index (χ0v) is 13.9. The van der Waals surface area contributed by atoms with E-state index in [1.165, 1.54) is 22.3 Å². The highest BCUT2D eigenvalue weighted by Gasteiger charge is 2.14. The summed E-state index contributed by atoms with van der Waals surface area (Å²) in [6.45, 7) is 13.1. The van der Waals surface area contributed by atoms with Crippen molar-refractivity contribution in [1.82, 2.24) is 4.90 Å². The van der Waals surface area contributed by atoms with Crippen LogP contribution in [-0.4, -0.2) is 37.7 Å². The predicted octanol–water partition coefficient (Wildman–Crippen LogP) is 2.97. The van der Waals surface area contributed by atoms with Crippen LogP contribution in [0.15, 0.2) is 12.1 Å². The van der Waals surface area contributed by atoms with Gasteiger partial charge in [-0.05, 0) is 58.4 Å². The monoisotopic (exact) mass is 278 g/mol. The molecule has 1 atom stereocenters. The highest BCUT2D eigenvalue weighted by atomic mass is 16.5. The third kappa shape index (κ3) is 5.23. The SMILES string of the molecule is Cc1cc(C)c(C(N)CN(C)CCOC(C)C)c(C)c1. The molecule has 3 nitrogen and oxygen atoms in total. The molecule has 0 amide bonds. The van der Waals surface area contributed by atoms with Gasteiger partial charge in [0.2, 0.25) is 0 Å². The zero-order valence-electron chi connectivity index (χ0n) is 13.9. The van der Waals surface area contributed by atoms with Gasteiger partial charge in [0.25, 0.3) is 0 Å². The van der Waals surface area contributed by atoms with Crippen LogP contribution in [-0.2, 0) is 4.74 Å². The lowest BCUT2D eigenvalue weighted by Gasteiger charge is -2.24. The van der Waals surface area contributed by atoms with Gasteiger partial charge < -0.3 is 15.4 Å². The zero-order chi connectivity index (χ0) is 15.3. The average molecular weight is 278 g/mol. The first-order chi connectivity index (χ1) is 9.31. The topological polar surface area (TPSA) is 38.5 Å². The van der Waals surface area contributed by atoms with Crippen molar-refractivity contribution in [2.75, 3.05) is 26.7 Å². The Balaban J connectivity index is 2.60. The lowest BCUT2D eigenvalue weighted by molar-refractivity contribution is 0.0629. The van der Waals surface area contributed by atoms with Crippen molar-refractivity contribution in [2.45, 2.75) is 46.8 Å². The molecule has 2 N–H and O–H groups in total. The lowest BCUT2D eigenvalue weighted by Crippen LogP contribution is -2.32. The van der Waals surface area contributed by atoms with E-state index in [-0.39, 0.29) is 6.04 Å². The second kappa shape index (κ2) is 7.77. The first-order valence-corrected chi connectivity index (χ1v) is 7.44. The number of nitrogens with zero attached hydrogens (tertiary/aromatic N) is 1. The van der Waals surface area contributed by atoms with Gasteiger partial charge in [-0.3, -0.25) is 0 Å². The van der Waals surface area contributed by atoms with Crippen molar-refractivity contribution >= 4 is 0 Å². The molecule has 0 radical (unpaired) electrons. The summed E-state index contributed by atoms with van der Waals surface area (Å²) in [6.07, 6.45) is 0.290. The fraction of sp³-hybridized carbons (Fsp3) is 0.647. The molecule has 0 aliphatic heterocycles. The largest absolute Gasteiger partial charge is 0.377 e. The Hall–Kier alpha value is -0.900. The standard InChI is InChI=1S/C17H30N2O/c1-12(2)20-8-7-19(6)11-16(18)17-14(4)9-13(3)10-15(17)5/h9-10,12,16H,7-8,11,18H2,1-6H3.